The summed E-state index contributed by atoms with van der Waals surface area (Å²) in [5, 5.41) is 31.0. The lowest BCUT2D eigenvalue weighted by atomic mass is 9.85. The Kier molecular flexibility index (Phi) is 3.81. The molecule has 3 rings (SSSR count). The lowest BCUT2D eigenvalue weighted by Gasteiger charge is -2.42. The number of rotatable bonds is 2. The van der Waals surface area contributed by atoms with Gasteiger partial charge in [-0.1, -0.05) is 0 Å². The Labute approximate surface area is 142 Å². The topological polar surface area (TPSA) is 118 Å². The second kappa shape index (κ2) is 5.72. The van der Waals surface area contributed by atoms with Crippen molar-refractivity contribution in [3.05, 3.63) is 68.1 Å². The molecular weight excluding hydrogens is 326 g/mol. The molecule has 2 unspecified atom stereocenters. The van der Waals surface area contributed by atoms with Gasteiger partial charge in [0.15, 0.2) is 0 Å². The first-order chi connectivity index (χ1) is 11.7. The number of aliphatic hydroxyl groups excluding tert-OH is 1. The zero-order chi connectivity index (χ0) is 18.4. The Balaban J connectivity index is 2.28. The minimum absolute atomic E-state index is 0.269. The van der Waals surface area contributed by atoms with Crippen molar-refractivity contribution in [1.29, 1.82) is 5.26 Å². The summed E-state index contributed by atoms with van der Waals surface area (Å²) in [7, 11) is 0. The summed E-state index contributed by atoms with van der Waals surface area (Å²) in [6.45, 7) is 3.32. The number of aromatic nitrogens is 1. The molecule has 1 aromatic heterocycles. The van der Waals surface area contributed by atoms with Crippen molar-refractivity contribution in [1.82, 2.24) is 4.57 Å². The van der Waals surface area contributed by atoms with Gasteiger partial charge in [-0.15, -0.1) is 0 Å². The van der Waals surface area contributed by atoms with E-state index < -0.39 is 28.2 Å². The zero-order valence-electron chi connectivity index (χ0n) is 13.5. The van der Waals surface area contributed by atoms with Crippen molar-refractivity contribution in [3.8, 4) is 11.8 Å². The maximum absolute atomic E-state index is 12.3. The van der Waals surface area contributed by atoms with Crippen molar-refractivity contribution in [2.45, 2.75) is 31.6 Å². The highest BCUT2D eigenvalue weighted by Gasteiger charge is 2.44. The van der Waals surface area contributed by atoms with E-state index in [2.05, 4.69) is 0 Å². The van der Waals surface area contributed by atoms with Crippen LogP contribution < -0.4 is 10.3 Å². The molecular formula is C17H15N3O5. The lowest BCUT2D eigenvalue weighted by molar-refractivity contribution is -0.385. The van der Waals surface area contributed by atoms with Gasteiger partial charge in [0.1, 0.15) is 17.5 Å². The Morgan fingerprint density at radius 3 is 2.72 bits per heavy atom. The van der Waals surface area contributed by atoms with E-state index in [9.17, 15) is 20.0 Å². The van der Waals surface area contributed by atoms with Crippen LogP contribution in [0.25, 0.3) is 0 Å². The molecule has 2 aromatic rings. The SMILES string of the molecule is CC1(C)Oc2ccc(C#N)cc2C(n2cc([N+](=O)[O-])ccc2=O)C1O. The molecule has 8 nitrogen and oxygen atoms in total. The number of ether oxygens (including phenoxy) is 1. The molecule has 1 aromatic carbocycles. The molecule has 8 heteroatoms. The molecule has 0 saturated heterocycles. The van der Waals surface area contributed by atoms with E-state index in [1.54, 1.807) is 26.0 Å². The van der Waals surface area contributed by atoms with Crippen LogP contribution in [0.3, 0.4) is 0 Å². The van der Waals surface area contributed by atoms with Crippen molar-refractivity contribution < 1.29 is 14.8 Å². The smallest absolute Gasteiger partial charge is 0.285 e. The Morgan fingerprint density at radius 1 is 1.36 bits per heavy atom. The van der Waals surface area contributed by atoms with Gasteiger partial charge in [0.05, 0.1) is 28.8 Å². The van der Waals surface area contributed by atoms with Gasteiger partial charge in [-0.05, 0) is 32.0 Å². The molecule has 0 fully saturated rings. The van der Waals surface area contributed by atoms with Crippen LogP contribution in [-0.2, 0) is 0 Å². The third-order valence-electron chi connectivity index (χ3n) is 4.27. The predicted octanol–water partition coefficient (Wildman–Crippen LogP) is 1.75. The fourth-order valence-electron chi connectivity index (χ4n) is 2.96. The molecule has 0 amide bonds. The van der Waals surface area contributed by atoms with E-state index in [1.807, 2.05) is 6.07 Å². The van der Waals surface area contributed by atoms with Crippen LogP contribution >= 0.6 is 0 Å². The van der Waals surface area contributed by atoms with Crippen LogP contribution in [0, 0.1) is 21.4 Å². The van der Waals surface area contributed by atoms with E-state index in [0.717, 1.165) is 22.9 Å². The van der Waals surface area contributed by atoms with Crippen LogP contribution in [0.15, 0.2) is 41.3 Å². The number of aliphatic hydroxyl groups is 1. The van der Waals surface area contributed by atoms with Gasteiger partial charge in [0.2, 0.25) is 0 Å². The predicted molar refractivity (Wildman–Crippen MR) is 87.4 cm³/mol. The second-order valence-corrected chi connectivity index (χ2v) is 6.35. The molecule has 0 spiro atoms. The minimum Gasteiger partial charge on any atom is -0.485 e. The minimum atomic E-state index is -1.16. The van der Waals surface area contributed by atoms with Crippen molar-refractivity contribution >= 4 is 5.69 Å². The molecule has 128 valence electrons. The van der Waals surface area contributed by atoms with Gasteiger partial charge in [-0.2, -0.15) is 5.26 Å². The number of hydrogen-bond acceptors (Lipinski definition) is 6. The fraction of sp³-hybridized carbons (Fsp3) is 0.294. The Hall–Kier alpha value is -3.18. The molecule has 0 radical (unpaired) electrons. The van der Waals surface area contributed by atoms with Crippen molar-refractivity contribution in [3.63, 3.8) is 0 Å². The van der Waals surface area contributed by atoms with Crippen molar-refractivity contribution in [2.24, 2.45) is 0 Å². The van der Waals surface area contributed by atoms with E-state index in [-0.39, 0.29) is 5.69 Å². The zero-order valence-corrected chi connectivity index (χ0v) is 13.5. The molecule has 1 aliphatic rings. The van der Waals surface area contributed by atoms with Crippen LogP contribution in [0.2, 0.25) is 0 Å². The van der Waals surface area contributed by atoms with E-state index in [0.29, 0.717) is 16.9 Å². The second-order valence-electron chi connectivity index (χ2n) is 6.35. The highest BCUT2D eigenvalue weighted by atomic mass is 16.6. The van der Waals surface area contributed by atoms with Crippen LogP contribution in [-0.4, -0.2) is 26.3 Å². The van der Waals surface area contributed by atoms with Gasteiger partial charge in [-0.25, -0.2) is 0 Å². The normalized spacial score (nSPS) is 20.9. The average molecular weight is 341 g/mol. The monoisotopic (exact) mass is 341 g/mol. The molecule has 2 heterocycles. The van der Waals surface area contributed by atoms with E-state index >= 15 is 0 Å². The van der Waals surface area contributed by atoms with Gasteiger partial charge in [0.25, 0.3) is 11.2 Å². The Bertz CT molecular complexity index is 957. The van der Waals surface area contributed by atoms with E-state index in [1.165, 1.54) is 6.07 Å². The Morgan fingerprint density at radius 2 is 2.08 bits per heavy atom. The van der Waals surface area contributed by atoms with Crippen molar-refractivity contribution in [2.75, 3.05) is 0 Å². The summed E-state index contributed by atoms with van der Waals surface area (Å²) in [6, 6.07) is 7.96. The van der Waals surface area contributed by atoms with Gasteiger partial charge < -0.3 is 9.84 Å². The number of nitro groups is 1. The number of fused-ring (bicyclic) bond motifs is 1. The van der Waals surface area contributed by atoms with Crippen LogP contribution in [0.1, 0.15) is 31.0 Å². The average Bonchev–Trinajstić information content (AvgIpc) is 2.56. The molecule has 0 saturated carbocycles. The van der Waals surface area contributed by atoms with E-state index in [4.69, 9.17) is 10.00 Å². The molecule has 0 bridgehead atoms. The fourth-order valence-corrected chi connectivity index (χ4v) is 2.96. The summed E-state index contributed by atoms with van der Waals surface area (Å²) >= 11 is 0. The number of pyridine rings is 1. The summed E-state index contributed by atoms with van der Waals surface area (Å²) in [6.07, 6.45) is -0.0610. The lowest BCUT2D eigenvalue weighted by Crippen LogP contribution is -2.52. The first-order valence-corrected chi connectivity index (χ1v) is 7.52. The molecule has 0 aliphatic carbocycles. The van der Waals surface area contributed by atoms with Gasteiger partial charge in [0, 0.05) is 17.7 Å². The third kappa shape index (κ3) is 2.75. The number of nitrogens with zero attached hydrogens (tertiary/aromatic N) is 3. The highest BCUT2D eigenvalue weighted by Crippen LogP contribution is 2.41. The largest absolute Gasteiger partial charge is 0.485 e. The van der Waals surface area contributed by atoms with Gasteiger partial charge >= 0.3 is 0 Å². The standard InChI is InChI=1S/C17H15N3O5/c1-17(2)16(22)15(12-7-10(8-18)3-5-13(12)25-17)19-9-11(20(23)24)4-6-14(19)21/h3-7,9,15-16,22H,1-2H3. The number of hydrogen-bond donors (Lipinski definition) is 1. The van der Waals surface area contributed by atoms with Gasteiger partial charge in [-0.3, -0.25) is 19.5 Å². The summed E-state index contributed by atoms with van der Waals surface area (Å²) in [5.41, 5.74) is -1.04. The molecule has 25 heavy (non-hydrogen) atoms. The first-order valence-electron chi connectivity index (χ1n) is 7.52. The number of nitriles is 1. The molecule has 1 N–H and O–H groups in total. The first kappa shape index (κ1) is 16.7. The summed E-state index contributed by atoms with van der Waals surface area (Å²) < 4.78 is 6.91. The maximum Gasteiger partial charge on any atom is 0.285 e. The quantitative estimate of drug-likeness (QED) is 0.656. The number of benzene rings is 1. The molecule has 1 aliphatic heterocycles. The highest BCUT2D eigenvalue weighted by molar-refractivity contribution is 5.47. The van der Waals surface area contributed by atoms with Crippen LogP contribution in [0.4, 0.5) is 5.69 Å². The third-order valence-corrected chi connectivity index (χ3v) is 4.27. The maximum atomic E-state index is 12.3. The summed E-state index contributed by atoms with van der Waals surface area (Å²) in [4.78, 5) is 22.8. The van der Waals surface area contributed by atoms with Crippen LogP contribution in [0.5, 0.6) is 5.75 Å². The molecule has 2 atom stereocenters. The summed E-state index contributed by atoms with van der Waals surface area (Å²) in [5.74, 6) is 0.415.